The maximum atomic E-state index is 13.4. The fourth-order valence-corrected chi connectivity index (χ4v) is 2.09. The van der Waals surface area contributed by atoms with Crippen LogP contribution in [-0.4, -0.2) is 16.2 Å². The fourth-order valence-electron chi connectivity index (χ4n) is 2.09. The summed E-state index contributed by atoms with van der Waals surface area (Å²) in [4.78, 5) is 10.0. The van der Waals surface area contributed by atoms with Gasteiger partial charge in [0, 0.05) is 6.07 Å². The third-order valence-corrected chi connectivity index (χ3v) is 3.09. The van der Waals surface area contributed by atoms with Crippen LogP contribution in [-0.2, 0) is 5.60 Å². The maximum Gasteiger partial charge on any atom is 0.426 e. The second kappa shape index (κ2) is 5.17. The predicted molar refractivity (Wildman–Crippen MR) is 68.6 cm³/mol. The lowest BCUT2D eigenvalue weighted by molar-refractivity contribution is -0.388. The van der Waals surface area contributed by atoms with Crippen molar-refractivity contribution in [1.82, 2.24) is 0 Å². The Kier molecular flexibility index (Phi) is 3.69. The molecule has 21 heavy (non-hydrogen) atoms. The number of nitro benzene ring substituents is 1. The SMILES string of the molecule is O=[N+]([O-])c1ccccc1C(O)(c1ccccc1)C(F)(F)F. The van der Waals surface area contributed by atoms with E-state index in [0.717, 1.165) is 24.3 Å². The highest BCUT2D eigenvalue weighted by molar-refractivity contribution is 5.50. The highest BCUT2D eigenvalue weighted by Gasteiger charge is 2.58. The molecule has 0 radical (unpaired) electrons. The Hall–Kier alpha value is -2.41. The molecule has 0 aromatic heterocycles. The molecule has 110 valence electrons. The van der Waals surface area contributed by atoms with E-state index in [9.17, 15) is 28.4 Å². The highest BCUT2D eigenvalue weighted by atomic mass is 19.4. The summed E-state index contributed by atoms with van der Waals surface area (Å²) in [6.07, 6.45) is -5.11. The van der Waals surface area contributed by atoms with Crippen LogP contribution in [0.15, 0.2) is 54.6 Å². The van der Waals surface area contributed by atoms with Crippen LogP contribution in [0.5, 0.6) is 0 Å². The zero-order valence-electron chi connectivity index (χ0n) is 10.5. The third-order valence-electron chi connectivity index (χ3n) is 3.09. The average Bonchev–Trinajstić information content (AvgIpc) is 2.46. The van der Waals surface area contributed by atoms with Gasteiger partial charge in [0.15, 0.2) is 0 Å². The van der Waals surface area contributed by atoms with Crippen molar-refractivity contribution in [1.29, 1.82) is 0 Å². The van der Waals surface area contributed by atoms with E-state index in [0.29, 0.717) is 0 Å². The maximum absolute atomic E-state index is 13.4. The zero-order chi connectivity index (χ0) is 15.7. The molecule has 7 heteroatoms. The summed E-state index contributed by atoms with van der Waals surface area (Å²) in [6.45, 7) is 0. The van der Waals surface area contributed by atoms with Gasteiger partial charge in [-0.1, -0.05) is 42.5 Å². The molecule has 1 N–H and O–H groups in total. The molecule has 1 unspecified atom stereocenters. The normalized spacial score (nSPS) is 14.5. The number of halogens is 3. The Bertz CT molecular complexity index is 658. The first-order chi connectivity index (χ1) is 9.78. The largest absolute Gasteiger partial charge is 0.426 e. The first kappa shape index (κ1) is 15.0. The molecule has 0 aliphatic rings. The van der Waals surface area contributed by atoms with Gasteiger partial charge in [-0.2, -0.15) is 13.2 Å². The third kappa shape index (κ3) is 2.47. The molecule has 0 heterocycles. The summed E-state index contributed by atoms with van der Waals surface area (Å²) >= 11 is 0. The van der Waals surface area contributed by atoms with E-state index in [4.69, 9.17) is 0 Å². The molecule has 1 atom stereocenters. The summed E-state index contributed by atoms with van der Waals surface area (Å²) in [7, 11) is 0. The summed E-state index contributed by atoms with van der Waals surface area (Å²) in [5, 5.41) is 21.2. The fraction of sp³-hybridized carbons (Fsp3) is 0.143. The minimum atomic E-state index is -5.11. The van der Waals surface area contributed by atoms with Gasteiger partial charge in [-0.05, 0) is 11.6 Å². The van der Waals surface area contributed by atoms with Gasteiger partial charge in [-0.3, -0.25) is 10.1 Å². The van der Waals surface area contributed by atoms with E-state index < -0.39 is 33.5 Å². The van der Waals surface area contributed by atoms with Crippen LogP contribution in [0.1, 0.15) is 11.1 Å². The van der Waals surface area contributed by atoms with Crippen LogP contribution >= 0.6 is 0 Å². The summed E-state index contributed by atoms with van der Waals surface area (Å²) < 4.78 is 40.3. The summed E-state index contributed by atoms with van der Waals surface area (Å²) in [6, 6.07) is 10.6. The van der Waals surface area contributed by atoms with Gasteiger partial charge in [-0.15, -0.1) is 0 Å². The standard InChI is InChI=1S/C14H10F3NO3/c15-14(16,17)13(19,10-6-2-1-3-7-10)11-8-4-5-9-12(11)18(20)21/h1-9,19H. The van der Waals surface area contributed by atoms with Crippen molar-refractivity contribution in [2.45, 2.75) is 11.8 Å². The van der Waals surface area contributed by atoms with Gasteiger partial charge in [0.05, 0.1) is 10.5 Å². The van der Waals surface area contributed by atoms with Crippen LogP contribution in [0.3, 0.4) is 0 Å². The Morgan fingerprint density at radius 1 is 0.952 bits per heavy atom. The molecular formula is C14H10F3NO3. The Morgan fingerprint density at radius 2 is 1.48 bits per heavy atom. The lowest BCUT2D eigenvalue weighted by Gasteiger charge is -2.31. The van der Waals surface area contributed by atoms with E-state index in [1.807, 2.05) is 0 Å². The van der Waals surface area contributed by atoms with E-state index in [1.165, 1.54) is 30.3 Å². The minimum absolute atomic E-state index is 0.480. The van der Waals surface area contributed by atoms with E-state index in [2.05, 4.69) is 0 Å². The quantitative estimate of drug-likeness (QED) is 0.697. The number of hydrogen-bond acceptors (Lipinski definition) is 3. The number of hydrogen-bond donors (Lipinski definition) is 1. The molecule has 4 nitrogen and oxygen atoms in total. The van der Waals surface area contributed by atoms with Crippen LogP contribution in [0.25, 0.3) is 0 Å². The summed E-state index contributed by atoms with van der Waals surface area (Å²) in [5.41, 5.74) is -5.53. The first-order valence-corrected chi connectivity index (χ1v) is 5.87. The molecular weight excluding hydrogens is 287 g/mol. The minimum Gasteiger partial charge on any atom is -0.372 e. The molecule has 2 aromatic rings. The molecule has 2 rings (SSSR count). The number of aliphatic hydroxyl groups is 1. The van der Waals surface area contributed by atoms with Crippen LogP contribution in [0.2, 0.25) is 0 Å². The average molecular weight is 297 g/mol. The molecule has 0 saturated heterocycles. The Labute approximate surface area is 117 Å². The number of para-hydroxylation sites is 1. The highest BCUT2D eigenvalue weighted by Crippen LogP contribution is 2.46. The van der Waals surface area contributed by atoms with E-state index in [1.54, 1.807) is 0 Å². The van der Waals surface area contributed by atoms with E-state index >= 15 is 0 Å². The zero-order valence-corrected chi connectivity index (χ0v) is 10.5. The van der Waals surface area contributed by atoms with Crippen LogP contribution in [0.4, 0.5) is 18.9 Å². The summed E-state index contributed by atoms with van der Waals surface area (Å²) in [5.74, 6) is 0. The Morgan fingerprint density at radius 3 is 2.00 bits per heavy atom. The second-order valence-corrected chi connectivity index (χ2v) is 4.35. The van der Waals surface area contributed by atoms with Crippen LogP contribution in [0, 0.1) is 10.1 Å². The number of nitrogens with zero attached hydrogens (tertiary/aromatic N) is 1. The number of alkyl halides is 3. The van der Waals surface area contributed by atoms with Crippen molar-refractivity contribution in [3.63, 3.8) is 0 Å². The van der Waals surface area contributed by atoms with Gasteiger partial charge in [0.25, 0.3) is 5.69 Å². The lowest BCUT2D eigenvalue weighted by Crippen LogP contribution is -2.43. The predicted octanol–water partition coefficient (Wildman–Crippen LogP) is 3.39. The monoisotopic (exact) mass is 297 g/mol. The Balaban J connectivity index is 2.78. The van der Waals surface area contributed by atoms with Gasteiger partial charge in [0.2, 0.25) is 5.60 Å². The van der Waals surface area contributed by atoms with Crippen molar-refractivity contribution in [3.05, 3.63) is 75.8 Å². The molecule has 0 fully saturated rings. The molecule has 2 aromatic carbocycles. The van der Waals surface area contributed by atoms with Crippen molar-refractivity contribution >= 4 is 5.69 Å². The smallest absolute Gasteiger partial charge is 0.372 e. The van der Waals surface area contributed by atoms with Crippen molar-refractivity contribution in [3.8, 4) is 0 Å². The van der Waals surface area contributed by atoms with Crippen molar-refractivity contribution < 1.29 is 23.2 Å². The molecule has 0 amide bonds. The van der Waals surface area contributed by atoms with Gasteiger partial charge in [-0.25, -0.2) is 0 Å². The van der Waals surface area contributed by atoms with Crippen LogP contribution < -0.4 is 0 Å². The van der Waals surface area contributed by atoms with Crippen molar-refractivity contribution in [2.24, 2.45) is 0 Å². The molecule has 0 aliphatic carbocycles. The first-order valence-electron chi connectivity index (χ1n) is 5.87. The van der Waals surface area contributed by atoms with Gasteiger partial charge >= 0.3 is 6.18 Å². The van der Waals surface area contributed by atoms with E-state index in [-0.39, 0.29) is 0 Å². The number of rotatable bonds is 3. The molecule has 0 aliphatic heterocycles. The molecule has 0 spiro atoms. The second-order valence-electron chi connectivity index (χ2n) is 4.35. The molecule has 0 saturated carbocycles. The lowest BCUT2D eigenvalue weighted by atomic mass is 9.84. The topological polar surface area (TPSA) is 63.4 Å². The van der Waals surface area contributed by atoms with Gasteiger partial charge in [0.1, 0.15) is 0 Å². The molecule has 0 bridgehead atoms. The number of benzene rings is 2. The van der Waals surface area contributed by atoms with Crippen molar-refractivity contribution in [2.75, 3.05) is 0 Å². The number of nitro groups is 1. The van der Waals surface area contributed by atoms with Gasteiger partial charge < -0.3 is 5.11 Å².